The number of ether oxygens (including phenoxy) is 1. The first kappa shape index (κ1) is 13.1. The molecule has 0 saturated heterocycles. The fraction of sp³-hybridized carbons (Fsp3) is 0.125. The third kappa shape index (κ3) is 2.65. The third-order valence-electron chi connectivity index (χ3n) is 3.20. The number of nitrogens with zero attached hydrogens (tertiary/aromatic N) is 1. The summed E-state index contributed by atoms with van der Waals surface area (Å²) in [6.45, 7) is 1.40. The minimum atomic E-state index is 0.606. The van der Waals surface area contributed by atoms with Gasteiger partial charge in [0.05, 0.1) is 6.54 Å². The highest BCUT2D eigenvalue weighted by Gasteiger charge is 2.05. The smallest absolute Gasteiger partial charge is 0.121 e. The molecule has 0 aliphatic carbocycles. The molecule has 0 radical (unpaired) electrons. The summed E-state index contributed by atoms with van der Waals surface area (Å²) in [5.41, 5.74) is 7.65. The van der Waals surface area contributed by atoms with Gasteiger partial charge < -0.3 is 15.0 Å². The van der Waals surface area contributed by atoms with Gasteiger partial charge in [-0.3, -0.25) is 0 Å². The number of benzene rings is 2. The van der Waals surface area contributed by atoms with Crippen LogP contribution < -0.4 is 10.5 Å². The Kier molecular flexibility index (Phi) is 3.65. The summed E-state index contributed by atoms with van der Waals surface area (Å²) in [6, 6.07) is 15.8. The maximum absolute atomic E-state index is 5.73. The summed E-state index contributed by atoms with van der Waals surface area (Å²) in [5.74, 6) is 0.806. The van der Waals surface area contributed by atoms with Crippen LogP contribution >= 0.6 is 15.9 Å². The molecule has 0 atom stereocenters. The molecule has 1 aromatic heterocycles. The van der Waals surface area contributed by atoms with E-state index in [1.165, 1.54) is 10.9 Å². The van der Waals surface area contributed by atoms with Crippen LogP contribution in [0, 0.1) is 0 Å². The lowest BCUT2D eigenvalue weighted by molar-refractivity contribution is 0.300. The van der Waals surface area contributed by atoms with Crippen LogP contribution in [0.3, 0.4) is 0 Å². The fourth-order valence-electron chi connectivity index (χ4n) is 2.25. The number of rotatable bonds is 4. The van der Waals surface area contributed by atoms with Crippen LogP contribution in [0.4, 0.5) is 5.69 Å². The molecule has 0 amide bonds. The van der Waals surface area contributed by atoms with Gasteiger partial charge in [0.25, 0.3) is 0 Å². The highest BCUT2D eigenvalue weighted by Crippen LogP contribution is 2.25. The molecule has 0 spiro atoms. The molecule has 0 saturated carbocycles. The van der Waals surface area contributed by atoms with E-state index in [0.717, 1.165) is 22.5 Å². The Labute approximate surface area is 126 Å². The van der Waals surface area contributed by atoms with Crippen LogP contribution in [0.1, 0.15) is 0 Å². The maximum atomic E-state index is 5.73. The number of hydrogen-bond donors (Lipinski definition) is 1. The second-order valence-electron chi connectivity index (χ2n) is 4.61. The van der Waals surface area contributed by atoms with Gasteiger partial charge in [-0.1, -0.05) is 24.3 Å². The Morgan fingerprint density at radius 2 is 1.95 bits per heavy atom. The van der Waals surface area contributed by atoms with Crippen molar-refractivity contribution in [3.63, 3.8) is 0 Å². The van der Waals surface area contributed by atoms with Crippen molar-refractivity contribution in [2.45, 2.75) is 6.54 Å². The highest BCUT2D eigenvalue weighted by atomic mass is 79.9. The number of halogens is 1. The predicted octanol–water partition coefficient (Wildman–Crippen LogP) is 4.07. The van der Waals surface area contributed by atoms with Crippen LogP contribution in [-0.2, 0) is 6.54 Å². The van der Waals surface area contributed by atoms with Crippen LogP contribution in [0.5, 0.6) is 5.75 Å². The Bertz CT molecular complexity index is 736. The molecule has 0 bridgehead atoms. The van der Waals surface area contributed by atoms with Gasteiger partial charge in [-0.15, -0.1) is 0 Å². The fourth-order valence-corrected chi connectivity index (χ4v) is 2.84. The molecule has 0 unspecified atom stereocenters. The molecule has 1 heterocycles. The average molecular weight is 331 g/mol. The zero-order valence-corrected chi connectivity index (χ0v) is 12.5. The molecule has 102 valence electrons. The van der Waals surface area contributed by atoms with Crippen molar-refractivity contribution in [3.05, 3.63) is 59.2 Å². The molecule has 3 nitrogen and oxygen atoms in total. The van der Waals surface area contributed by atoms with Gasteiger partial charge in [0.2, 0.25) is 0 Å². The minimum Gasteiger partial charge on any atom is -0.492 e. The van der Waals surface area contributed by atoms with E-state index in [1.807, 2.05) is 36.4 Å². The van der Waals surface area contributed by atoms with Gasteiger partial charge in [0.1, 0.15) is 12.4 Å². The lowest BCUT2D eigenvalue weighted by Gasteiger charge is -2.08. The second-order valence-corrected chi connectivity index (χ2v) is 5.46. The van der Waals surface area contributed by atoms with Crippen molar-refractivity contribution >= 4 is 32.5 Å². The van der Waals surface area contributed by atoms with E-state index in [0.29, 0.717) is 6.61 Å². The van der Waals surface area contributed by atoms with E-state index in [1.54, 1.807) is 0 Å². The first-order valence-corrected chi connectivity index (χ1v) is 7.25. The summed E-state index contributed by atoms with van der Waals surface area (Å²) < 4.78 is 9.03. The molecule has 0 fully saturated rings. The van der Waals surface area contributed by atoms with Crippen molar-refractivity contribution < 1.29 is 4.74 Å². The summed E-state index contributed by atoms with van der Waals surface area (Å²) in [5, 5.41) is 1.22. The van der Waals surface area contributed by atoms with Gasteiger partial charge in [-0.25, -0.2) is 0 Å². The molecule has 20 heavy (non-hydrogen) atoms. The third-order valence-corrected chi connectivity index (χ3v) is 3.83. The number of para-hydroxylation sites is 1. The highest BCUT2D eigenvalue weighted by molar-refractivity contribution is 9.10. The van der Waals surface area contributed by atoms with Crippen molar-refractivity contribution in [1.29, 1.82) is 0 Å². The molecule has 0 aliphatic rings. The lowest BCUT2D eigenvalue weighted by Crippen LogP contribution is -2.07. The van der Waals surface area contributed by atoms with E-state index in [2.05, 4.69) is 38.8 Å². The van der Waals surface area contributed by atoms with E-state index in [-0.39, 0.29) is 0 Å². The Morgan fingerprint density at radius 1 is 1.10 bits per heavy atom. The second kappa shape index (κ2) is 5.59. The van der Waals surface area contributed by atoms with Gasteiger partial charge in [-0.2, -0.15) is 0 Å². The normalized spacial score (nSPS) is 10.8. The first-order valence-electron chi connectivity index (χ1n) is 6.46. The van der Waals surface area contributed by atoms with Crippen molar-refractivity contribution in [3.8, 4) is 5.75 Å². The molecule has 3 aromatic rings. The van der Waals surface area contributed by atoms with E-state index >= 15 is 0 Å². The van der Waals surface area contributed by atoms with Gasteiger partial charge in [0, 0.05) is 33.3 Å². The zero-order valence-electron chi connectivity index (χ0n) is 10.9. The van der Waals surface area contributed by atoms with E-state index in [9.17, 15) is 0 Å². The summed E-state index contributed by atoms with van der Waals surface area (Å²) in [6.07, 6.45) is 2.09. The van der Waals surface area contributed by atoms with Gasteiger partial charge in [0.15, 0.2) is 0 Å². The first-order chi connectivity index (χ1) is 9.74. The Morgan fingerprint density at radius 3 is 2.80 bits per heavy atom. The van der Waals surface area contributed by atoms with Crippen LogP contribution in [-0.4, -0.2) is 11.2 Å². The summed E-state index contributed by atoms with van der Waals surface area (Å²) >= 11 is 3.59. The SMILES string of the molecule is Nc1cccc(OCCn2cc(Br)c3ccccc32)c1. The number of nitrogens with two attached hydrogens (primary N) is 1. The van der Waals surface area contributed by atoms with Crippen LogP contribution in [0.25, 0.3) is 10.9 Å². The quantitative estimate of drug-likeness (QED) is 0.732. The molecule has 2 N–H and O–H groups in total. The maximum Gasteiger partial charge on any atom is 0.121 e. The number of aromatic nitrogens is 1. The van der Waals surface area contributed by atoms with Crippen molar-refractivity contribution in [1.82, 2.24) is 4.57 Å². The monoisotopic (exact) mass is 330 g/mol. The number of hydrogen-bond acceptors (Lipinski definition) is 2. The van der Waals surface area contributed by atoms with Crippen molar-refractivity contribution in [2.24, 2.45) is 0 Å². The molecule has 0 aliphatic heterocycles. The molecular formula is C16H15BrN2O. The molecule has 2 aromatic carbocycles. The molecular weight excluding hydrogens is 316 g/mol. The summed E-state index contributed by atoms with van der Waals surface area (Å²) in [7, 11) is 0. The topological polar surface area (TPSA) is 40.2 Å². The average Bonchev–Trinajstić information content (AvgIpc) is 2.77. The van der Waals surface area contributed by atoms with E-state index < -0.39 is 0 Å². The predicted molar refractivity (Wildman–Crippen MR) is 86.0 cm³/mol. The number of anilines is 1. The summed E-state index contributed by atoms with van der Waals surface area (Å²) in [4.78, 5) is 0. The number of fused-ring (bicyclic) bond motifs is 1. The van der Waals surface area contributed by atoms with E-state index in [4.69, 9.17) is 10.5 Å². The lowest BCUT2D eigenvalue weighted by atomic mass is 10.2. The van der Waals surface area contributed by atoms with Gasteiger partial charge in [-0.05, 0) is 34.1 Å². The molecule has 3 rings (SSSR count). The standard InChI is InChI=1S/C16H15BrN2O/c17-15-11-19(16-7-2-1-6-14(15)16)8-9-20-13-5-3-4-12(18)10-13/h1-7,10-11H,8-9,18H2. The Balaban J connectivity index is 1.71. The Hall–Kier alpha value is -1.94. The largest absolute Gasteiger partial charge is 0.492 e. The van der Waals surface area contributed by atoms with Crippen molar-refractivity contribution in [2.75, 3.05) is 12.3 Å². The number of nitrogen functional groups attached to an aromatic ring is 1. The van der Waals surface area contributed by atoms with Crippen LogP contribution in [0.15, 0.2) is 59.2 Å². The van der Waals surface area contributed by atoms with Gasteiger partial charge >= 0.3 is 0 Å². The van der Waals surface area contributed by atoms with Crippen LogP contribution in [0.2, 0.25) is 0 Å². The minimum absolute atomic E-state index is 0.606. The molecule has 4 heteroatoms. The zero-order chi connectivity index (χ0) is 13.9.